The summed E-state index contributed by atoms with van der Waals surface area (Å²) in [5.41, 5.74) is 6.82. The number of methoxy groups -OCH3 is 1. The van der Waals surface area contributed by atoms with E-state index >= 15 is 0 Å². The van der Waals surface area contributed by atoms with Gasteiger partial charge in [0.1, 0.15) is 5.69 Å². The molecule has 0 aliphatic heterocycles. The highest BCUT2D eigenvalue weighted by Crippen LogP contribution is 2.26. The fraction of sp³-hybridized carbons (Fsp3) is 0.118. The molecule has 0 saturated carbocycles. The highest BCUT2D eigenvalue weighted by atomic mass is 16.5. The maximum absolute atomic E-state index is 12.5. The Hall–Kier alpha value is -3.75. The third kappa shape index (κ3) is 3.36. The van der Waals surface area contributed by atoms with Crippen LogP contribution in [0.15, 0.2) is 42.7 Å². The molecule has 0 aliphatic carbocycles. The number of nitrogens with zero attached hydrogens (tertiary/aromatic N) is 4. The first-order chi connectivity index (χ1) is 12.5. The molecule has 3 rings (SSSR count). The van der Waals surface area contributed by atoms with Gasteiger partial charge in [-0.25, -0.2) is 9.97 Å². The molecule has 0 unspecified atom stereocenters. The monoisotopic (exact) mass is 352 g/mol. The standard InChI is InChI=1S/C17H16N6O3/c1-23-9-13(14(22-23)15(18)24)21-16(25)12-7-3-6-11(20-12)10-5-4-8-19-17(10)26-2/h3-9H,1-2H3,(H2,18,24)(H,21,25). The molecule has 0 spiro atoms. The van der Waals surface area contributed by atoms with Gasteiger partial charge in [0.25, 0.3) is 11.8 Å². The Morgan fingerprint density at radius 3 is 2.77 bits per heavy atom. The molecule has 3 heterocycles. The fourth-order valence-corrected chi connectivity index (χ4v) is 2.41. The Balaban J connectivity index is 1.91. The van der Waals surface area contributed by atoms with Crippen LogP contribution in [0.1, 0.15) is 21.0 Å². The van der Waals surface area contributed by atoms with Crippen molar-refractivity contribution in [1.82, 2.24) is 19.7 Å². The lowest BCUT2D eigenvalue weighted by Crippen LogP contribution is -2.18. The van der Waals surface area contributed by atoms with Gasteiger partial charge in [0.15, 0.2) is 5.69 Å². The lowest BCUT2D eigenvalue weighted by atomic mass is 10.1. The van der Waals surface area contributed by atoms with Crippen molar-refractivity contribution in [3.8, 4) is 17.1 Å². The Morgan fingerprint density at radius 1 is 1.23 bits per heavy atom. The van der Waals surface area contributed by atoms with Crippen LogP contribution in [0.4, 0.5) is 5.69 Å². The van der Waals surface area contributed by atoms with Gasteiger partial charge < -0.3 is 15.8 Å². The number of primary amides is 1. The maximum Gasteiger partial charge on any atom is 0.274 e. The molecular formula is C17H16N6O3. The molecule has 9 heteroatoms. The van der Waals surface area contributed by atoms with Crippen molar-refractivity contribution in [2.75, 3.05) is 12.4 Å². The van der Waals surface area contributed by atoms with Crippen LogP contribution in [0.25, 0.3) is 11.3 Å². The number of carbonyl (C=O) groups is 2. The number of rotatable bonds is 5. The first kappa shape index (κ1) is 17.1. The molecular weight excluding hydrogens is 336 g/mol. The third-order valence-electron chi connectivity index (χ3n) is 3.53. The minimum absolute atomic E-state index is 0.0223. The first-order valence-electron chi connectivity index (χ1n) is 7.61. The highest BCUT2D eigenvalue weighted by molar-refractivity contribution is 6.07. The molecule has 9 nitrogen and oxygen atoms in total. The molecule has 0 aliphatic rings. The van der Waals surface area contributed by atoms with Gasteiger partial charge in [-0.1, -0.05) is 6.07 Å². The summed E-state index contributed by atoms with van der Waals surface area (Å²) in [6, 6.07) is 8.54. The molecule has 132 valence electrons. The largest absolute Gasteiger partial charge is 0.481 e. The number of anilines is 1. The smallest absolute Gasteiger partial charge is 0.274 e. The highest BCUT2D eigenvalue weighted by Gasteiger charge is 2.18. The molecule has 0 aromatic carbocycles. The number of hydrogen-bond donors (Lipinski definition) is 2. The van der Waals surface area contributed by atoms with Crippen LogP contribution in [0.3, 0.4) is 0 Å². The average molecular weight is 352 g/mol. The minimum atomic E-state index is -0.734. The van der Waals surface area contributed by atoms with E-state index in [1.165, 1.54) is 18.0 Å². The predicted molar refractivity (Wildman–Crippen MR) is 93.7 cm³/mol. The zero-order valence-electron chi connectivity index (χ0n) is 14.1. The van der Waals surface area contributed by atoms with Gasteiger partial charge in [0.2, 0.25) is 5.88 Å². The quantitative estimate of drug-likeness (QED) is 0.711. The average Bonchev–Trinajstić information content (AvgIpc) is 3.02. The van der Waals surface area contributed by atoms with Gasteiger partial charge in [0.05, 0.1) is 24.1 Å². The zero-order chi connectivity index (χ0) is 18.7. The number of hydrogen-bond acceptors (Lipinski definition) is 6. The lowest BCUT2D eigenvalue weighted by Gasteiger charge is -2.08. The lowest BCUT2D eigenvalue weighted by molar-refractivity contribution is 0.0995. The summed E-state index contributed by atoms with van der Waals surface area (Å²) in [6.45, 7) is 0. The van der Waals surface area contributed by atoms with E-state index in [4.69, 9.17) is 10.5 Å². The molecule has 0 bridgehead atoms. The number of amides is 2. The minimum Gasteiger partial charge on any atom is -0.481 e. The van der Waals surface area contributed by atoms with Crippen LogP contribution in [0, 0.1) is 0 Å². The number of carbonyl (C=O) groups excluding carboxylic acids is 2. The van der Waals surface area contributed by atoms with E-state index in [0.717, 1.165) is 0 Å². The Bertz CT molecular complexity index is 982. The van der Waals surface area contributed by atoms with Crippen molar-refractivity contribution in [1.29, 1.82) is 0 Å². The summed E-state index contributed by atoms with van der Waals surface area (Å²) in [6.07, 6.45) is 3.10. The SMILES string of the molecule is COc1ncccc1-c1cccc(C(=O)Nc2cn(C)nc2C(N)=O)n1. The van der Waals surface area contributed by atoms with Crippen LogP contribution in [0.2, 0.25) is 0 Å². The number of ether oxygens (including phenoxy) is 1. The van der Waals surface area contributed by atoms with Crippen molar-refractivity contribution in [2.24, 2.45) is 12.8 Å². The van der Waals surface area contributed by atoms with Crippen LogP contribution >= 0.6 is 0 Å². The molecule has 3 aromatic heterocycles. The molecule has 3 N–H and O–H groups in total. The summed E-state index contributed by atoms with van der Waals surface area (Å²) < 4.78 is 6.62. The molecule has 2 amide bonds. The second-order valence-corrected chi connectivity index (χ2v) is 5.35. The van der Waals surface area contributed by atoms with Crippen LogP contribution in [0.5, 0.6) is 5.88 Å². The number of nitrogens with one attached hydrogen (secondary N) is 1. The maximum atomic E-state index is 12.5. The second kappa shape index (κ2) is 7.01. The van der Waals surface area contributed by atoms with E-state index in [2.05, 4.69) is 20.4 Å². The van der Waals surface area contributed by atoms with Gasteiger partial charge in [-0.05, 0) is 24.3 Å². The number of aromatic nitrogens is 4. The molecule has 0 atom stereocenters. The van der Waals surface area contributed by atoms with E-state index in [9.17, 15) is 9.59 Å². The summed E-state index contributed by atoms with van der Waals surface area (Å²) in [4.78, 5) is 32.4. The van der Waals surface area contributed by atoms with E-state index in [1.54, 1.807) is 43.6 Å². The summed E-state index contributed by atoms with van der Waals surface area (Å²) in [5, 5.41) is 6.53. The summed E-state index contributed by atoms with van der Waals surface area (Å²) in [5.74, 6) is -0.825. The Labute approximate surface area is 148 Å². The summed E-state index contributed by atoms with van der Waals surface area (Å²) >= 11 is 0. The van der Waals surface area contributed by atoms with Crippen molar-refractivity contribution in [2.45, 2.75) is 0 Å². The number of nitrogens with two attached hydrogens (primary N) is 1. The van der Waals surface area contributed by atoms with Gasteiger partial charge in [-0.3, -0.25) is 14.3 Å². The topological polar surface area (TPSA) is 125 Å². The third-order valence-corrected chi connectivity index (χ3v) is 3.53. The summed E-state index contributed by atoms with van der Waals surface area (Å²) in [7, 11) is 3.13. The molecule has 0 radical (unpaired) electrons. The van der Waals surface area contributed by atoms with Gasteiger partial charge in [-0.2, -0.15) is 5.10 Å². The predicted octanol–water partition coefficient (Wildman–Crippen LogP) is 1.24. The molecule has 26 heavy (non-hydrogen) atoms. The second-order valence-electron chi connectivity index (χ2n) is 5.35. The van der Waals surface area contributed by atoms with E-state index < -0.39 is 11.8 Å². The van der Waals surface area contributed by atoms with Gasteiger partial charge in [-0.15, -0.1) is 0 Å². The van der Waals surface area contributed by atoms with Gasteiger partial charge in [0, 0.05) is 19.4 Å². The Kier molecular flexibility index (Phi) is 4.61. The van der Waals surface area contributed by atoms with Crippen LogP contribution < -0.4 is 15.8 Å². The van der Waals surface area contributed by atoms with E-state index in [0.29, 0.717) is 17.1 Å². The van der Waals surface area contributed by atoms with Crippen molar-refractivity contribution >= 4 is 17.5 Å². The molecule has 0 fully saturated rings. The van der Waals surface area contributed by atoms with E-state index in [1.807, 2.05) is 0 Å². The number of aryl methyl sites for hydroxylation is 1. The number of pyridine rings is 2. The fourth-order valence-electron chi connectivity index (χ4n) is 2.41. The molecule has 3 aromatic rings. The van der Waals surface area contributed by atoms with Gasteiger partial charge >= 0.3 is 0 Å². The zero-order valence-corrected chi connectivity index (χ0v) is 14.1. The van der Waals surface area contributed by atoms with E-state index in [-0.39, 0.29) is 17.1 Å². The molecule has 0 saturated heterocycles. The van der Waals surface area contributed by atoms with Crippen LogP contribution in [-0.4, -0.2) is 38.7 Å². The van der Waals surface area contributed by atoms with Crippen LogP contribution in [-0.2, 0) is 7.05 Å². The normalized spacial score (nSPS) is 10.4. The van der Waals surface area contributed by atoms with Crippen molar-refractivity contribution < 1.29 is 14.3 Å². The first-order valence-corrected chi connectivity index (χ1v) is 7.61. The Morgan fingerprint density at radius 2 is 2.04 bits per heavy atom. The van der Waals surface area contributed by atoms with Crippen molar-refractivity contribution in [3.63, 3.8) is 0 Å². The van der Waals surface area contributed by atoms with Crippen molar-refractivity contribution in [3.05, 3.63) is 54.1 Å².